The van der Waals surface area contributed by atoms with Crippen LogP contribution in [-0.2, 0) is 44.6 Å². The number of benzene rings is 2. The molecule has 1 unspecified atom stereocenters. The number of imide groups is 1. The van der Waals surface area contributed by atoms with Gasteiger partial charge < -0.3 is 9.64 Å². The maximum atomic E-state index is 13.8. The van der Waals surface area contributed by atoms with E-state index in [1.165, 1.54) is 6.07 Å². The van der Waals surface area contributed by atoms with Crippen LogP contribution in [-0.4, -0.2) is 93.8 Å². The molecule has 3 aromatic rings. The van der Waals surface area contributed by atoms with Gasteiger partial charge in [0.15, 0.2) is 16.6 Å². The molecule has 0 spiro atoms. The van der Waals surface area contributed by atoms with Crippen LogP contribution in [0.4, 0.5) is 24.5 Å². The quantitative estimate of drug-likeness (QED) is 0.153. The van der Waals surface area contributed by atoms with Crippen LogP contribution in [0.5, 0.6) is 5.75 Å². The summed E-state index contributed by atoms with van der Waals surface area (Å²) in [5, 5.41) is 12.1. The number of Topliss-reactive ketones (excluding diaryl/α,β-unsaturated/α-hetero) is 1. The molecule has 3 amide bonds. The fourth-order valence-corrected chi connectivity index (χ4v) is 8.97. The number of ether oxygens (including phenoxy) is 1. The molecule has 0 saturated carbocycles. The summed E-state index contributed by atoms with van der Waals surface area (Å²) in [6, 6.07) is 13.1. The van der Waals surface area contributed by atoms with E-state index in [1.807, 2.05) is 19.1 Å². The highest BCUT2D eigenvalue weighted by atomic mass is 35.5. The van der Waals surface area contributed by atoms with E-state index in [4.69, 9.17) is 28.6 Å². The van der Waals surface area contributed by atoms with Crippen molar-refractivity contribution in [2.24, 2.45) is 5.92 Å². The van der Waals surface area contributed by atoms with E-state index in [9.17, 15) is 37.6 Å². The van der Waals surface area contributed by atoms with Gasteiger partial charge in [0.05, 0.1) is 24.0 Å². The lowest BCUT2D eigenvalue weighted by Crippen LogP contribution is -2.60. The average molecular weight is 866 g/mol. The highest BCUT2D eigenvalue weighted by molar-refractivity contribution is 7.81. The number of nitriles is 1. The molecular formula is C43H47ClF3N7O5S. The second kappa shape index (κ2) is 17.6. The first kappa shape index (κ1) is 44.6. The number of hydrogen-bond acceptors (Lipinski definition) is 10. The zero-order valence-electron chi connectivity index (χ0n) is 34.1. The predicted octanol–water partition coefficient (Wildman–Crippen LogP) is 6.29. The minimum atomic E-state index is -4.86. The lowest BCUT2D eigenvalue weighted by molar-refractivity contribution is -0.138. The molecule has 318 valence electrons. The molecule has 4 heterocycles. The van der Waals surface area contributed by atoms with E-state index < -0.39 is 28.9 Å². The van der Waals surface area contributed by atoms with Gasteiger partial charge in [-0.25, -0.2) is 4.98 Å². The summed E-state index contributed by atoms with van der Waals surface area (Å²) in [6.45, 7) is 12.9. The molecule has 12 nitrogen and oxygen atoms in total. The number of ketones is 1. The summed E-state index contributed by atoms with van der Waals surface area (Å²) in [5.41, 5.74) is -0.736. The van der Waals surface area contributed by atoms with Gasteiger partial charge in [0.25, 0.3) is 5.91 Å². The van der Waals surface area contributed by atoms with Gasteiger partial charge in [0, 0.05) is 61.2 Å². The number of nitrogens with one attached hydrogen (secondary N) is 1. The fraction of sp³-hybridized carbons (Fsp3) is 0.465. The molecule has 2 aromatic carbocycles. The number of nitrogens with zero attached hydrogens (tertiary/aromatic N) is 6. The molecule has 0 bridgehead atoms. The van der Waals surface area contributed by atoms with Crippen LogP contribution in [0.25, 0.3) is 0 Å². The lowest BCUT2D eigenvalue weighted by atomic mass is 9.90. The molecule has 3 aliphatic rings. The third kappa shape index (κ3) is 9.65. The summed E-state index contributed by atoms with van der Waals surface area (Å²) in [5.74, 6) is -0.691. The summed E-state index contributed by atoms with van der Waals surface area (Å²) in [6.07, 6.45) is -1.80. The Balaban J connectivity index is 1.04. The Bertz CT molecular complexity index is 2260. The SMILES string of the molecule is CCc1cc(N2C(=S)N(c3cnc(C#N)c(C(F)(F)F)c3)C(=O)C2(C)C)ccc1OCCN1CCN(CC(=O)Cc2cc(Cl)cc(CC3CCC(=O)NC3=O)c2)C(C)(C)C1. The number of aromatic nitrogens is 1. The molecule has 1 N–H and O–H groups in total. The van der Waals surface area contributed by atoms with Crippen LogP contribution in [0.3, 0.4) is 0 Å². The van der Waals surface area contributed by atoms with Crippen molar-refractivity contribution in [2.75, 3.05) is 49.1 Å². The fourth-order valence-electron chi connectivity index (χ4n) is 8.17. The van der Waals surface area contributed by atoms with Crippen molar-refractivity contribution in [1.29, 1.82) is 5.26 Å². The van der Waals surface area contributed by atoms with E-state index in [0.717, 1.165) is 40.4 Å². The number of alkyl halides is 3. The Kier molecular flexibility index (Phi) is 13.1. The Morgan fingerprint density at radius 2 is 1.80 bits per heavy atom. The zero-order chi connectivity index (χ0) is 43.7. The summed E-state index contributed by atoms with van der Waals surface area (Å²) < 4.78 is 47.6. The van der Waals surface area contributed by atoms with Crippen molar-refractivity contribution in [3.8, 4) is 11.8 Å². The number of piperazine rings is 1. The van der Waals surface area contributed by atoms with Crippen LogP contribution in [0.15, 0.2) is 48.7 Å². The zero-order valence-corrected chi connectivity index (χ0v) is 35.7. The minimum absolute atomic E-state index is 0.0237. The molecular weight excluding hydrogens is 819 g/mol. The Morgan fingerprint density at radius 1 is 1.07 bits per heavy atom. The van der Waals surface area contributed by atoms with Crippen LogP contribution >= 0.6 is 23.8 Å². The van der Waals surface area contributed by atoms with Crippen LogP contribution in [0, 0.1) is 17.2 Å². The number of piperidine rings is 1. The van der Waals surface area contributed by atoms with E-state index in [2.05, 4.69) is 33.9 Å². The monoisotopic (exact) mass is 865 g/mol. The Labute approximate surface area is 357 Å². The molecule has 17 heteroatoms. The number of carbonyl (C=O) groups is 4. The van der Waals surface area contributed by atoms with Crippen molar-refractivity contribution in [1.82, 2.24) is 20.1 Å². The third-order valence-corrected chi connectivity index (χ3v) is 11.9. The van der Waals surface area contributed by atoms with Gasteiger partial charge in [-0.05, 0) is 112 Å². The van der Waals surface area contributed by atoms with Crippen molar-refractivity contribution < 1.29 is 37.1 Å². The second-order valence-electron chi connectivity index (χ2n) is 16.6. The molecule has 0 radical (unpaired) electrons. The van der Waals surface area contributed by atoms with Crippen molar-refractivity contribution in [2.45, 2.75) is 84.0 Å². The first-order valence-electron chi connectivity index (χ1n) is 19.7. The summed E-state index contributed by atoms with van der Waals surface area (Å²) >= 11 is 12.1. The molecule has 0 aliphatic carbocycles. The average Bonchev–Trinajstić information content (AvgIpc) is 3.34. The van der Waals surface area contributed by atoms with Crippen LogP contribution in [0.2, 0.25) is 5.02 Å². The smallest absolute Gasteiger partial charge is 0.419 e. The van der Waals surface area contributed by atoms with Crippen molar-refractivity contribution in [3.63, 3.8) is 0 Å². The maximum Gasteiger partial charge on any atom is 0.419 e. The number of anilines is 2. The standard InChI is InChI=1S/C43H47ClF3N7O5S/c1-6-28-20-31(54-40(60)53(39(58)42(54,4)5)32-21-34(43(45,46)47)35(22-48)49-23-32)8-9-36(28)59-14-13-51-11-12-52(41(2,3)25-51)24-33(55)19-27-15-26(17-30(44)18-27)16-29-7-10-37(56)50-38(29)57/h8-9,15,17-18,20-21,23,29H,6-7,10-14,16,19,24-25H2,1-5H3,(H,50,56,57). The number of amides is 3. The lowest BCUT2D eigenvalue weighted by Gasteiger charge is -2.47. The van der Waals surface area contributed by atoms with Gasteiger partial charge in [0.1, 0.15) is 24.0 Å². The normalized spacial score (nSPS) is 19.7. The van der Waals surface area contributed by atoms with Gasteiger partial charge in [-0.2, -0.15) is 18.4 Å². The van der Waals surface area contributed by atoms with Gasteiger partial charge in [0.2, 0.25) is 11.8 Å². The molecule has 6 rings (SSSR count). The van der Waals surface area contributed by atoms with E-state index in [1.54, 1.807) is 43.0 Å². The number of carbonyl (C=O) groups excluding carboxylic acids is 4. The Hall–Kier alpha value is -4.95. The third-order valence-electron chi connectivity index (χ3n) is 11.3. The van der Waals surface area contributed by atoms with Crippen molar-refractivity contribution >= 4 is 63.8 Å². The molecule has 3 fully saturated rings. The van der Waals surface area contributed by atoms with Gasteiger partial charge in [-0.3, -0.25) is 39.2 Å². The number of hydrogen-bond donors (Lipinski definition) is 1. The first-order valence-corrected chi connectivity index (χ1v) is 20.5. The van der Waals surface area contributed by atoms with Crippen LogP contribution < -0.4 is 19.9 Å². The molecule has 1 atom stereocenters. The van der Waals surface area contributed by atoms with E-state index >= 15 is 0 Å². The number of rotatable bonds is 13. The van der Waals surface area contributed by atoms with Gasteiger partial charge in [-0.1, -0.05) is 24.6 Å². The highest BCUT2D eigenvalue weighted by Crippen LogP contribution is 2.40. The number of halogens is 4. The second-order valence-corrected chi connectivity index (χ2v) is 17.4. The predicted molar refractivity (Wildman–Crippen MR) is 224 cm³/mol. The maximum absolute atomic E-state index is 13.8. The van der Waals surface area contributed by atoms with Gasteiger partial charge >= 0.3 is 6.18 Å². The van der Waals surface area contributed by atoms with E-state index in [-0.39, 0.29) is 52.8 Å². The van der Waals surface area contributed by atoms with Crippen LogP contribution in [0.1, 0.15) is 75.4 Å². The minimum Gasteiger partial charge on any atom is -0.492 e. The first-order chi connectivity index (χ1) is 28.2. The summed E-state index contributed by atoms with van der Waals surface area (Å²) in [7, 11) is 0. The topological polar surface area (TPSA) is 139 Å². The van der Waals surface area contributed by atoms with Gasteiger partial charge in [-0.15, -0.1) is 0 Å². The number of aryl methyl sites for hydroxylation is 1. The highest BCUT2D eigenvalue weighted by Gasteiger charge is 2.51. The molecule has 1 aromatic heterocycles. The Morgan fingerprint density at radius 3 is 2.47 bits per heavy atom. The van der Waals surface area contributed by atoms with Crippen molar-refractivity contribution in [3.05, 3.63) is 81.6 Å². The number of thiocarbonyl (C=S) groups is 1. The number of pyridine rings is 1. The molecule has 60 heavy (non-hydrogen) atoms. The molecule has 3 saturated heterocycles. The van der Waals surface area contributed by atoms with E-state index in [0.29, 0.717) is 68.4 Å². The largest absolute Gasteiger partial charge is 0.492 e. The summed E-state index contributed by atoms with van der Waals surface area (Å²) in [4.78, 5) is 61.7. The molecule has 3 aliphatic heterocycles.